The smallest absolute Gasteiger partial charge is 0.456 e. The van der Waals surface area contributed by atoms with E-state index >= 15 is 0 Å². The number of para-hydroxylation sites is 1. The van der Waals surface area contributed by atoms with Crippen LogP contribution in [0.1, 0.15) is 24.8 Å². The molecule has 0 bridgehead atoms. The van der Waals surface area contributed by atoms with Crippen LogP contribution in [0, 0.1) is 5.92 Å². The lowest BCUT2D eigenvalue weighted by molar-refractivity contribution is -0.123. The van der Waals surface area contributed by atoms with Gasteiger partial charge >= 0.3 is 7.12 Å². The van der Waals surface area contributed by atoms with Crippen LogP contribution in [0.15, 0.2) is 96.0 Å². The minimum Gasteiger partial charge on any atom is -0.456 e. The quantitative estimate of drug-likeness (QED) is 0.196. The second-order valence-electron chi connectivity index (χ2n) is 10.0. The molecule has 4 aromatic rings. The standard InChI is InChI=1S/C29H30BN3O6S/c34-29(32-28(30(35)36)17-21-10-11-21)27(16-20-6-2-1-3-7-20)33-40(37,38)25-14-12-23(13-15-25)39-24-18-22-8-4-5-9-26(22)31-19-24/h1-9,12-15,18-19,21,27-28,33,35-36H,10-11,16-17H2,(H,32,34)/t27-,28-/m0/s1. The van der Waals surface area contributed by atoms with Crippen molar-refractivity contribution in [2.45, 2.75) is 42.6 Å². The molecule has 1 heterocycles. The van der Waals surface area contributed by atoms with Crippen LogP contribution in [0.4, 0.5) is 0 Å². The Labute approximate surface area is 233 Å². The van der Waals surface area contributed by atoms with Crippen LogP contribution in [0.2, 0.25) is 0 Å². The average molecular weight is 559 g/mol. The van der Waals surface area contributed by atoms with E-state index in [9.17, 15) is 23.3 Å². The molecule has 9 nitrogen and oxygen atoms in total. The van der Waals surface area contributed by atoms with Gasteiger partial charge in [-0.3, -0.25) is 9.78 Å². The Morgan fingerprint density at radius 2 is 1.68 bits per heavy atom. The third-order valence-corrected chi connectivity index (χ3v) is 8.29. The zero-order valence-electron chi connectivity index (χ0n) is 21.7. The predicted molar refractivity (Wildman–Crippen MR) is 152 cm³/mol. The van der Waals surface area contributed by atoms with Gasteiger partial charge < -0.3 is 20.1 Å². The van der Waals surface area contributed by atoms with Gasteiger partial charge in [-0.25, -0.2) is 8.42 Å². The van der Waals surface area contributed by atoms with Crippen molar-refractivity contribution in [2.24, 2.45) is 5.92 Å². The number of nitrogens with zero attached hydrogens (tertiary/aromatic N) is 1. The first-order valence-electron chi connectivity index (χ1n) is 13.1. The Kier molecular flexibility index (Phi) is 8.46. The Balaban J connectivity index is 1.31. The fourth-order valence-corrected chi connectivity index (χ4v) is 5.67. The zero-order chi connectivity index (χ0) is 28.1. The number of aromatic nitrogens is 1. The van der Waals surface area contributed by atoms with E-state index in [0.29, 0.717) is 23.8 Å². The van der Waals surface area contributed by atoms with Crippen molar-refractivity contribution in [1.29, 1.82) is 0 Å². The molecule has 2 atom stereocenters. The highest BCUT2D eigenvalue weighted by molar-refractivity contribution is 7.89. The van der Waals surface area contributed by atoms with E-state index < -0.39 is 35.0 Å². The number of hydrogen-bond donors (Lipinski definition) is 4. The Bertz CT molecular complexity index is 1560. The van der Waals surface area contributed by atoms with Crippen molar-refractivity contribution in [3.8, 4) is 11.5 Å². The van der Waals surface area contributed by atoms with E-state index in [1.54, 1.807) is 30.5 Å². The molecular weight excluding hydrogens is 529 g/mol. The van der Waals surface area contributed by atoms with Gasteiger partial charge in [-0.15, -0.1) is 0 Å². The van der Waals surface area contributed by atoms with Crippen molar-refractivity contribution in [3.05, 3.63) is 96.7 Å². The summed E-state index contributed by atoms with van der Waals surface area (Å²) >= 11 is 0. The zero-order valence-corrected chi connectivity index (χ0v) is 22.5. The summed E-state index contributed by atoms with van der Waals surface area (Å²) in [6.45, 7) is 0. The van der Waals surface area contributed by atoms with Gasteiger partial charge in [-0.1, -0.05) is 61.4 Å². The predicted octanol–water partition coefficient (Wildman–Crippen LogP) is 3.21. The average Bonchev–Trinajstić information content (AvgIpc) is 3.77. The summed E-state index contributed by atoms with van der Waals surface area (Å²) in [6.07, 6.45) is 4.04. The van der Waals surface area contributed by atoms with Gasteiger partial charge in [0.05, 0.1) is 22.6 Å². The van der Waals surface area contributed by atoms with Crippen molar-refractivity contribution in [1.82, 2.24) is 15.0 Å². The highest BCUT2D eigenvalue weighted by Gasteiger charge is 2.35. The van der Waals surface area contributed by atoms with E-state index in [1.165, 1.54) is 24.3 Å². The summed E-state index contributed by atoms with van der Waals surface area (Å²) in [4.78, 5) is 17.6. The van der Waals surface area contributed by atoms with Crippen LogP contribution in [-0.4, -0.2) is 48.5 Å². The first-order chi connectivity index (χ1) is 19.3. The minimum atomic E-state index is -4.11. The molecule has 4 N–H and O–H groups in total. The third kappa shape index (κ3) is 7.25. The molecule has 1 amide bonds. The second kappa shape index (κ2) is 12.2. The van der Waals surface area contributed by atoms with E-state index in [0.717, 1.165) is 29.3 Å². The maximum atomic E-state index is 13.3. The number of hydrogen-bond acceptors (Lipinski definition) is 7. The van der Waals surface area contributed by atoms with Crippen LogP contribution in [-0.2, 0) is 21.2 Å². The van der Waals surface area contributed by atoms with E-state index in [4.69, 9.17) is 4.74 Å². The van der Waals surface area contributed by atoms with Crippen molar-refractivity contribution < 1.29 is 28.0 Å². The molecule has 40 heavy (non-hydrogen) atoms. The van der Waals surface area contributed by atoms with Gasteiger partial charge in [-0.2, -0.15) is 4.72 Å². The molecule has 1 aliphatic rings. The summed E-state index contributed by atoms with van der Waals surface area (Å²) in [6, 6.07) is 23.2. The fraction of sp³-hybridized carbons (Fsp3) is 0.241. The van der Waals surface area contributed by atoms with Gasteiger partial charge in [-0.05, 0) is 60.7 Å². The Morgan fingerprint density at radius 3 is 2.38 bits per heavy atom. The van der Waals surface area contributed by atoms with Gasteiger partial charge in [0.1, 0.15) is 17.5 Å². The lowest BCUT2D eigenvalue weighted by Gasteiger charge is -2.23. The lowest BCUT2D eigenvalue weighted by Crippen LogP contribution is -2.54. The molecule has 1 fully saturated rings. The normalized spacial score (nSPS) is 14.8. The number of benzene rings is 3. The number of fused-ring (bicyclic) bond motifs is 1. The molecule has 3 aromatic carbocycles. The van der Waals surface area contributed by atoms with Crippen LogP contribution < -0.4 is 14.8 Å². The monoisotopic (exact) mass is 559 g/mol. The third-order valence-electron chi connectivity index (χ3n) is 6.80. The molecule has 5 rings (SSSR count). The van der Waals surface area contributed by atoms with Crippen LogP contribution in [0.25, 0.3) is 10.9 Å². The Morgan fingerprint density at radius 1 is 0.975 bits per heavy atom. The molecule has 1 saturated carbocycles. The van der Waals surface area contributed by atoms with Crippen LogP contribution in [0.5, 0.6) is 11.5 Å². The summed E-state index contributed by atoms with van der Waals surface area (Å²) in [5.74, 6) is -0.255. The molecule has 206 valence electrons. The number of ether oxygens (including phenoxy) is 1. The molecular formula is C29H30BN3O6S. The number of amides is 1. The summed E-state index contributed by atoms with van der Waals surface area (Å²) < 4.78 is 35.0. The first-order valence-corrected chi connectivity index (χ1v) is 14.6. The molecule has 0 radical (unpaired) electrons. The number of rotatable bonds is 12. The van der Waals surface area contributed by atoms with Gasteiger partial charge in [0.2, 0.25) is 15.9 Å². The van der Waals surface area contributed by atoms with Crippen molar-refractivity contribution >= 4 is 34.0 Å². The molecule has 0 spiro atoms. The van der Waals surface area contributed by atoms with Crippen LogP contribution in [0.3, 0.4) is 0 Å². The molecule has 1 aromatic heterocycles. The maximum Gasteiger partial charge on any atom is 0.475 e. The number of sulfonamides is 1. The number of carbonyl (C=O) groups excluding carboxylic acids is 1. The Hall–Kier alpha value is -3.77. The number of pyridine rings is 1. The minimum absolute atomic E-state index is 0.0425. The lowest BCUT2D eigenvalue weighted by atomic mass is 9.76. The molecule has 11 heteroatoms. The van der Waals surface area contributed by atoms with E-state index in [-0.39, 0.29) is 11.3 Å². The van der Waals surface area contributed by atoms with Gasteiger partial charge in [0, 0.05) is 5.39 Å². The van der Waals surface area contributed by atoms with Gasteiger partial charge in [0.15, 0.2) is 0 Å². The van der Waals surface area contributed by atoms with E-state index in [1.807, 2.05) is 36.4 Å². The highest BCUT2D eigenvalue weighted by Crippen LogP contribution is 2.33. The molecule has 0 saturated heterocycles. The number of nitrogens with one attached hydrogen (secondary N) is 2. The molecule has 1 aliphatic carbocycles. The van der Waals surface area contributed by atoms with Gasteiger partial charge in [0.25, 0.3) is 0 Å². The van der Waals surface area contributed by atoms with Crippen molar-refractivity contribution in [2.75, 3.05) is 0 Å². The fourth-order valence-electron chi connectivity index (χ4n) is 4.47. The first kappa shape index (κ1) is 27.8. The largest absolute Gasteiger partial charge is 0.475 e. The topological polar surface area (TPSA) is 138 Å². The second-order valence-corrected chi connectivity index (χ2v) is 11.7. The van der Waals surface area contributed by atoms with E-state index in [2.05, 4.69) is 15.0 Å². The summed E-state index contributed by atoms with van der Waals surface area (Å²) in [5, 5.41) is 23.1. The number of carbonyl (C=O) groups is 1. The van der Waals surface area contributed by atoms with Crippen molar-refractivity contribution in [3.63, 3.8) is 0 Å². The SMILES string of the molecule is O=C(N[C@@H](CC1CC1)B(O)O)[C@H](Cc1ccccc1)NS(=O)(=O)c1ccc(Oc2cnc3ccccc3c2)cc1. The highest BCUT2D eigenvalue weighted by atomic mass is 32.2. The summed E-state index contributed by atoms with van der Waals surface area (Å²) in [5.41, 5.74) is 1.59. The van der Waals surface area contributed by atoms with Crippen LogP contribution >= 0.6 is 0 Å². The molecule has 0 aliphatic heterocycles. The maximum absolute atomic E-state index is 13.3. The summed E-state index contributed by atoms with van der Waals surface area (Å²) in [7, 11) is -5.86. The molecule has 0 unspecified atom stereocenters.